The second-order valence-electron chi connectivity index (χ2n) is 4.63. The van der Waals surface area contributed by atoms with Gasteiger partial charge < -0.3 is 0 Å². The molecule has 6 nitrogen and oxygen atoms in total. The van der Waals surface area contributed by atoms with Crippen LogP contribution < -0.4 is 17.0 Å². The number of nitrogens with two attached hydrogens (primary N) is 1. The molecule has 0 aliphatic rings. The molecule has 0 saturated carbocycles. The predicted molar refractivity (Wildman–Crippen MR) is 85.5 cm³/mol. The fourth-order valence-electron chi connectivity index (χ4n) is 1.99. The first-order valence-electron chi connectivity index (χ1n) is 6.19. The molecule has 21 heavy (non-hydrogen) atoms. The maximum atomic E-state index is 12.1. The molecule has 3 N–H and O–H groups in total. The summed E-state index contributed by atoms with van der Waals surface area (Å²) in [6, 6.07) is 1.75. The highest BCUT2D eigenvalue weighted by molar-refractivity contribution is 9.10. The van der Waals surface area contributed by atoms with Gasteiger partial charge in [-0.3, -0.25) is 14.8 Å². The quantitative estimate of drug-likeness (QED) is 0.488. The SMILES string of the molecule is Cc1nc(=O)n(Cc2cc(C(=O)NN)sc2C)c(C)c1Br. The largest absolute Gasteiger partial charge is 0.348 e. The maximum Gasteiger partial charge on any atom is 0.348 e. The Hall–Kier alpha value is -1.51. The summed E-state index contributed by atoms with van der Waals surface area (Å²) in [7, 11) is 0. The van der Waals surface area contributed by atoms with E-state index in [0.717, 1.165) is 20.6 Å². The van der Waals surface area contributed by atoms with Gasteiger partial charge in [-0.1, -0.05) is 0 Å². The minimum Gasteiger partial charge on any atom is -0.291 e. The average molecular weight is 371 g/mol. The van der Waals surface area contributed by atoms with Gasteiger partial charge in [0.25, 0.3) is 5.91 Å². The number of nitrogens with zero attached hydrogens (tertiary/aromatic N) is 2. The van der Waals surface area contributed by atoms with Crippen LogP contribution in [0.15, 0.2) is 15.3 Å². The summed E-state index contributed by atoms with van der Waals surface area (Å²) in [5.41, 5.74) is 4.18. The minimum atomic E-state index is -0.332. The van der Waals surface area contributed by atoms with Crippen molar-refractivity contribution in [3.63, 3.8) is 0 Å². The molecular weight excluding hydrogens is 356 g/mol. The number of halogens is 1. The van der Waals surface area contributed by atoms with E-state index in [0.29, 0.717) is 17.1 Å². The van der Waals surface area contributed by atoms with Gasteiger partial charge in [0.05, 0.1) is 21.6 Å². The number of carbonyl (C=O) groups is 1. The number of amides is 1. The van der Waals surface area contributed by atoms with Crippen LogP contribution in [0.2, 0.25) is 0 Å². The van der Waals surface area contributed by atoms with E-state index in [1.807, 2.05) is 13.8 Å². The van der Waals surface area contributed by atoms with Gasteiger partial charge in [-0.05, 0) is 48.3 Å². The van der Waals surface area contributed by atoms with Crippen molar-refractivity contribution in [2.45, 2.75) is 27.3 Å². The molecule has 0 atom stereocenters. The number of thiophene rings is 1. The van der Waals surface area contributed by atoms with Gasteiger partial charge in [0, 0.05) is 10.6 Å². The van der Waals surface area contributed by atoms with E-state index >= 15 is 0 Å². The molecule has 0 unspecified atom stereocenters. The maximum absolute atomic E-state index is 12.1. The second-order valence-corrected chi connectivity index (χ2v) is 6.68. The van der Waals surface area contributed by atoms with Gasteiger partial charge in [-0.2, -0.15) is 4.98 Å². The summed E-state index contributed by atoms with van der Waals surface area (Å²) in [6.07, 6.45) is 0. The highest BCUT2D eigenvalue weighted by Crippen LogP contribution is 2.23. The van der Waals surface area contributed by atoms with Crippen molar-refractivity contribution in [1.82, 2.24) is 15.0 Å². The molecule has 0 aromatic carbocycles. The Kier molecular flexibility index (Phi) is 4.60. The first-order chi connectivity index (χ1) is 9.85. The van der Waals surface area contributed by atoms with Crippen LogP contribution in [0.3, 0.4) is 0 Å². The molecular formula is C13H15BrN4O2S. The monoisotopic (exact) mass is 370 g/mol. The summed E-state index contributed by atoms with van der Waals surface area (Å²) >= 11 is 4.78. The number of hydrazine groups is 1. The Labute approximate surface area is 134 Å². The second kappa shape index (κ2) is 6.08. The number of aryl methyl sites for hydroxylation is 2. The van der Waals surface area contributed by atoms with Crippen molar-refractivity contribution in [2.75, 3.05) is 0 Å². The number of rotatable bonds is 3. The molecule has 112 valence electrons. The lowest BCUT2D eigenvalue weighted by atomic mass is 10.2. The molecule has 2 heterocycles. The number of hydrogen-bond donors (Lipinski definition) is 2. The Morgan fingerprint density at radius 1 is 1.48 bits per heavy atom. The van der Waals surface area contributed by atoms with E-state index in [4.69, 9.17) is 5.84 Å². The standard InChI is InChI=1S/C13H15BrN4O2S/c1-6-11(14)7(2)18(13(20)16-6)5-9-4-10(12(19)17-15)21-8(9)3/h4H,5,15H2,1-3H3,(H,17,19). The first-order valence-corrected chi connectivity index (χ1v) is 7.80. The molecule has 0 saturated heterocycles. The molecule has 0 fully saturated rings. The summed E-state index contributed by atoms with van der Waals surface area (Å²) in [5, 5.41) is 0. The highest BCUT2D eigenvalue weighted by Gasteiger charge is 2.15. The van der Waals surface area contributed by atoms with Gasteiger partial charge in [0.2, 0.25) is 0 Å². The van der Waals surface area contributed by atoms with E-state index < -0.39 is 0 Å². The zero-order valence-corrected chi connectivity index (χ0v) is 14.3. The normalized spacial score (nSPS) is 10.7. The van der Waals surface area contributed by atoms with Crippen LogP contribution in [0.5, 0.6) is 0 Å². The Bertz CT molecular complexity index is 766. The summed E-state index contributed by atoms with van der Waals surface area (Å²) in [4.78, 5) is 29.1. The molecule has 2 aromatic heterocycles. The summed E-state index contributed by atoms with van der Waals surface area (Å²) < 4.78 is 2.39. The van der Waals surface area contributed by atoms with Crippen molar-refractivity contribution < 1.29 is 4.79 Å². The van der Waals surface area contributed by atoms with Gasteiger partial charge >= 0.3 is 5.69 Å². The lowest BCUT2D eigenvalue weighted by Crippen LogP contribution is -2.29. The molecule has 2 rings (SSSR count). The molecule has 2 aromatic rings. The van der Waals surface area contributed by atoms with Gasteiger partial charge in [-0.25, -0.2) is 10.6 Å². The van der Waals surface area contributed by atoms with Crippen LogP contribution in [-0.4, -0.2) is 15.5 Å². The number of nitrogen functional groups attached to an aromatic ring is 1. The smallest absolute Gasteiger partial charge is 0.291 e. The van der Waals surface area contributed by atoms with Crippen LogP contribution in [-0.2, 0) is 6.54 Å². The Morgan fingerprint density at radius 3 is 2.76 bits per heavy atom. The zero-order valence-electron chi connectivity index (χ0n) is 11.9. The molecule has 8 heteroatoms. The van der Waals surface area contributed by atoms with Crippen molar-refractivity contribution in [2.24, 2.45) is 5.84 Å². The zero-order chi connectivity index (χ0) is 15.7. The predicted octanol–water partition coefficient (Wildman–Crippen LogP) is 1.64. The van der Waals surface area contributed by atoms with Crippen molar-refractivity contribution in [3.8, 4) is 0 Å². The van der Waals surface area contributed by atoms with E-state index in [-0.39, 0.29) is 11.6 Å². The third kappa shape index (κ3) is 3.07. The Morgan fingerprint density at radius 2 is 2.14 bits per heavy atom. The number of carbonyl (C=O) groups excluding carboxylic acids is 1. The first kappa shape index (κ1) is 15.9. The molecule has 1 amide bonds. The van der Waals surface area contributed by atoms with Gasteiger partial charge in [0.1, 0.15) is 0 Å². The Balaban J connectivity index is 2.44. The highest BCUT2D eigenvalue weighted by atomic mass is 79.9. The number of nitrogens with one attached hydrogen (secondary N) is 1. The average Bonchev–Trinajstić information content (AvgIpc) is 2.81. The number of hydrogen-bond acceptors (Lipinski definition) is 5. The topological polar surface area (TPSA) is 90.0 Å². The van der Waals surface area contributed by atoms with Crippen molar-refractivity contribution in [1.29, 1.82) is 0 Å². The molecule has 0 aliphatic heterocycles. The fraction of sp³-hybridized carbons (Fsp3) is 0.308. The van der Waals surface area contributed by atoms with E-state index in [1.165, 1.54) is 11.3 Å². The van der Waals surface area contributed by atoms with Crippen molar-refractivity contribution in [3.05, 3.63) is 47.7 Å². The lowest BCUT2D eigenvalue weighted by Gasteiger charge is -2.11. The minimum absolute atomic E-state index is 0.302. The van der Waals surface area contributed by atoms with Crippen LogP contribution in [0.4, 0.5) is 0 Å². The summed E-state index contributed by atoms with van der Waals surface area (Å²) in [6.45, 7) is 5.92. The van der Waals surface area contributed by atoms with E-state index in [9.17, 15) is 9.59 Å². The molecule has 0 spiro atoms. The van der Waals surface area contributed by atoms with Crippen molar-refractivity contribution >= 4 is 33.2 Å². The van der Waals surface area contributed by atoms with Crippen LogP contribution in [0.25, 0.3) is 0 Å². The van der Waals surface area contributed by atoms with Gasteiger partial charge in [-0.15, -0.1) is 11.3 Å². The molecule has 0 aliphatic carbocycles. The van der Waals surface area contributed by atoms with E-state index in [1.54, 1.807) is 17.6 Å². The fourth-order valence-corrected chi connectivity index (χ4v) is 3.23. The van der Waals surface area contributed by atoms with Gasteiger partial charge in [0.15, 0.2) is 0 Å². The third-order valence-corrected chi connectivity index (χ3v) is 5.48. The molecule has 0 radical (unpaired) electrons. The van der Waals surface area contributed by atoms with Crippen LogP contribution in [0.1, 0.15) is 31.5 Å². The summed E-state index contributed by atoms with van der Waals surface area (Å²) in [5.74, 6) is 4.80. The third-order valence-electron chi connectivity index (χ3n) is 3.24. The van der Waals surface area contributed by atoms with Crippen LogP contribution in [0, 0.1) is 20.8 Å². The van der Waals surface area contributed by atoms with E-state index in [2.05, 4.69) is 26.3 Å². The molecule has 0 bridgehead atoms. The number of aromatic nitrogens is 2. The lowest BCUT2D eigenvalue weighted by molar-refractivity contribution is 0.0957. The van der Waals surface area contributed by atoms with Crippen LogP contribution >= 0.6 is 27.3 Å².